The third-order valence-electron chi connectivity index (χ3n) is 2.50. The summed E-state index contributed by atoms with van der Waals surface area (Å²) in [5.41, 5.74) is 1.35. The topological polar surface area (TPSA) is 90.2 Å². The Hall–Kier alpha value is -1.58. The van der Waals surface area contributed by atoms with E-state index < -0.39 is 15.3 Å². The Morgan fingerprint density at radius 2 is 2.00 bits per heavy atom. The van der Waals surface area contributed by atoms with E-state index in [-0.39, 0.29) is 13.0 Å². The van der Waals surface area contributed by atoms with Crippen molar-refractivity contribution in [3.05, 3.63) is 29.8 Å². The Balaban J connectivity index is 2.82. The first-order chi connectivity index (χ1) is 8.53. The highest BCUT2D eigenvalue weighted by Gasteiger charge is 2.23. The molecule has 5 nitrogen and oxygen atoms in total. The number of aliphatic hydroxyl groups is 1. The molecule has 0 heterocycles. The van der Waals surface area contributed by atoms with Gasteiger partial charge in [-0.3, -0.25) is 4.72 Å². The van der Waals surface area contributed by atoms with E-state index >= 15 is 0 Å². The van der Waals surface area contributed by atoms with Crippen molar-refractivity contribution in [2.45, 2.75) is 25.0 Å². The van der Waals surface area contributed by atoms with Crippen LogP contribution in [0.25, 0.3) is 0 Å². The highest BCUT2D eigenvalue weighted by molar-refractivity contribution is 7.93. The SMILES string of the molecule is CCC(C#N)S(=O)(=O)Nc1ccc(CCO)cc1. The minimum Gasteiger partial charge on any atom is -0.396 e. The summed E-state index contributed by atoms with van der Waals surface area (Å²) in [6.07, 6.45) is 0.775. The third kappa shape index (κ3) is 3.72. The number of hydrogen-bond acceptors (Lipinski definition) is 4. The molecule has 0 aliphatic carbocycles. The first-order valence-corrected chi connectivity index (χ1v) is 7.19. The Kier molecular flexibility index (Phi) is 5.13. The van der Waals surface area contributed by atoms with Gasteiger partial charge in [0.15, 0.2) is 5.25 Å². The van der Waals surface area contributed by atoms with E-state index in [4.69, 9.17) is 10.4 Å². The van der Waals surface area contributed by atoms with E-state index in [1.165, 1.54) is 0 Å². The fourth-order valence-corrected chi connectivity index (χ4v) is 2.67. The summed E-state index contributed by atoms with van der Waals surface area (Å²) in [6, 6.07) is 8.47. The maximum absolute atomic E-state index is 11.8. The second-order valence-corrected chi connectivity index (χ2v) is 5.71. The maximum Gasteiger partial charge on any atom is 0.249 e. The van der Waals surface area contributed by atoms with Crippen LogP contribution in [0.5, 0.6) is 0 Å². The van der Waals surface area contributed by atoms with Gasteiger partial charge in [0.1, 0.15) is 0 Å². The van der Waals surface area contributed by atoms with E-state index in [1.54, 1.807) is 37.3 Å². The molecule has 18 heavy (non-hydrogen) atoms. The summed E-state index contributed by atoms with van der Waals surface area (Å²) in [4.78, 5) is 0. The average molecular weight is 268 g/mol. The summed E-state index contributed by atoms with van der Waals surface area (Å²) < 4.78 is 26.0. The molecule has 98 valence electrons. The number of nitrogens with zero attached hydrogens (tertiary/aromatic N) is 1. The van der Waals surface area contributed by atoms with Crippen LogP contribution in [0.15, 0.2) is 24.3 Å². The third-order valence-corrected chi connectivity index (χ3v) is 4.21. The zero-order valence-corrected chi connectivity index (χ0v) is 10.9. The number of sulfonamides is 1. The van der Waals surface area contributed by atoms with Crippen molar-refractivity contribution in [2.24, 2.45) is 0 Å². The molecule has 0 spiro atoms. The van der Waals surface area contributed by atoms with Crippen LogP contribution in [0.3, 0.4) is 0 Å². The molecule has 0 amide bonds. The number of rotatable bonds is 6. The van der Waals surface area contributed by atoms with Gasteiger partial charge in [0.2, 0.25) is 10.0 Å². The van der Waals surface area contributed by atoms with Crippen LogP contribution in [0.1, 0.15) is 18.9 Å². The lowest BCUT2D eigenvalue weighted by Crippen LogP contribution is -2.25. The summed E-state index contributed by atoms with van der Waals surface area (Å²) in [5.74, 6) is 0. The van der Waals surface area contributed by atoms with E-state index in [9.17, 15) is 8.42 Å². The number of aliphatic hydroxyl groups excluding tert-OH is 1. The minimum atomic E-state index is -3.66. The van der Waals surface area contributed by atoms with Crippen LogP contribution in [-0.4, -0.2) is 25.4 Å². The van der Waals surface area contributed by atoms with Crippen molar-refractivity contribution >= 4 is 15.7 Å². The largest absolute Gasteiger partial charge is 0.396 e. The van der Waals surface area contributed by atoms with Crippen molar-refractivity contribution in [2.75, 3.05) is 11.3 Å². The second-order valence-electron chi connectivity index (χ2n) is 3.84. The minimum absolute atomic E-state index is 0.0530. The molecule has 2 N–H and O–H groups in total. The molecule has 0 aliphatic heterocycles. The molecule has 1 rings (SSSR count). The number of anilines is 1. The molecule has 1 unspecified atom stereocenters. The zero-order chi connectivity index (χ0) is 13.6. The van der Waals surface area contributed by atoms with Gasteiger partial charge in [-0.2, -0.15) is 5.26 Å². The van der Waals surface area contributed by atoms with Gasteiger partial charge in [-0.15, -0.1) is 0 Å². The summed E-state index contributed by atoms with van der Waals surface area (Å²) in [6.45, 7) is 1.70. The van der Waals surface area contributed by atoms with Crippen molar-refractivity contribution < 1.29 is 13.5 Å². The lowest BCUT2D eigenvalue weighted by molar-refractivity contribution is 0.299. The second kappa shape index (κ2) is 6.38. The van der Waals surface area contributed by atoms with Gasteiger partial charge >= 0.3 is 0 Å². The fourth-order valence-electron chi connectivity index (χ4n) is 1.48. The Morgan fingerprint density at radius 3 is 2.44 bits per heavy atom. The van der Waals surface area contributed by atoms with Gasteiger partial charge in [0, 0.05) is 12.3 Å². The van der Waals surface area contributed by atoms with Crippen LogP contribution in [0.4, 0.5) is 5.69 Å². The van der Waals surface area contributed by atoms with Crippen LogP contribution in [0.2, 0.25) is 0 Å². The van der Waals surface area contributed by atoms with Gasteiger partial charge in [0.25, 0.3) is 0 Å². The molecule has 0 saturated carbocycles. The van der Waals surface area contributed by atoms with Gasteiger partial charge < -0.3 is 5.11 Å². The van der Waals surface area contributed by atoms with E-state index in [0.29, 0.717) is 12.1 Å². The predicted octanol–water partition coefficient (Wildman–Crippen LogP) is 1.27. The maximum atomic E-state index is 11.8. The molecule has 0 bridgehead atoms. The number of benzene rings is 1. The van der Waals surface area contributed by atoms with Gasteiger partial charge in [-0.25, -0.2) is 8.42 Å². The molecule has 6 heteroatoms. The van der Waals surface area contributed by atoms with Gasteiger partial charge in [-0.05, 0) is 30.5 Å². The van der Waals surface area contributed by atoms with Crippen LogP contribution in [0, 0.1) is 11.3 Å². The standard InChI is InChI=1S/C12H16N2O3S/c1-2-12(9-13)18(16,17)14-11-5-3-10(4-6-11)7-8-15/h3-6,12,14-15H,2,7-8H2,1H3. The summed E-state index contributed by atoms with van der Waals surface area (Å²) in [5, 5.41) is 16.5. The van der Waals surface area contributed by atoms with E-state index in [0.717, 1.165) is 5.56 Å². The van der Waals surface area contributed by atoms with Crippen LogP contribution < -0.4 is 4.72 Å². The van der Waals surface area contributed by atoms with E-state index in [2.05, 4.69) is 4.72 Å². The monoisotopic (exact) mass is 268 g/mol. The molecule has 1 atom stereocenters. The van der Waals surface area contributed by atoms with Crippen molar-refractivity contribution in [3.8, 4) is 6.07 Å². The quantitative estimate of drug-likeness (QED) is 0.812. The summed E-state index contributed by atoms with van der Waals surface area (Å²) in [7, 11) is -3.66. The molecular weight excluding hydrogens is 252 g/mol. The predicted molar refractivity (Wildman–Crippen MR) is 69.5 cm³/mol. The molecule has 0 fully saturated rings. The lowest BCUT2D eigenvalue weighted by atomic mass is 10.1. The van der Waals surface area contributed by atoms with Gasteiger partial charge in [-0.1, -0.05) is 19.1 Å². The Morgan fingerprint density at radius 1 is 1.39 bits per heavy atom. The smallest absolute Gasteiger partial charge is 0.249 e. The van der Waals surface area contributed by atoms with Crippen molar-refractivity contribution in [1.82, 2.24) is 0 Å². The van der Waals surface area contributed by atoms with Crippen molar-refractivity contribution in [1.29, 1.82) is 5.26 Å². The summed E-state index contributed by atoms with van der Waals surface area (Å²) >= 11 is 0. The lowest BCUT2D eigenvalue weighted by Gasteiger charge is -2.11. The zero-order valence-electron chi connectivity index (χ0n) is 10.1. The normalized spacial score (nSPS) is 12.7. The van der Waals surface area contributed by atoms with Crippen LogP contribution >= 0.6 is 0 Å². The number of nitrogens with one attached hydrogen (secondary N) is 1. The highest BCUT2D eigenvalue weighted by Crippen LogP contribution is 2.14. The van der Waals surface area contributed by atoms with Crippen molar-refractivity contribution in [3.63, 3.8) is 0 Å². The fraction of sp³-hybridized carbons (Fsp3) is 0.417. The first kappa shape index (κ1) is 14.5. The molecule has 1 aromatic rings. The van der Waals surface area contributed by atoms with Gasteiger partial charge in [0.05, 0.1) is 6.07 Å². The molecule has 1 aromatic carbocycles. The highest BCUT2D eigenvalue weighted by atomic mass is 32.2. The van der Waals surface area contributed by atoms with E-state index in [1.807, 2.05) is 0 Å². The average Bonchev–Trinajstić information content (AvgIpc) is 2.33. The molecule has 0 aromatic heterocycles. The number of nitriles is 1. The van der Waals surface area contributed by atoms with Crippen LogP contribution in [-0.2, 0) is 16.4 Å². The number of hydrogen-bond donors (Lipinski definition) is 2. The Labute approximate surface area is 107 Å². The molecular formula is C12H16N2O3S. The molecule has 0 radical (unpaired) electrons. The molecule has 0 saturated heterocycles. The Bertz CT molecular complexity index is 517. The molecule has 0 aliphatic rings. The first-order valence-electron chi connectivity index (χ1n) is 5.64.